The van der Waals surface area contributed by atoms with Crippen molar-refractivity contribution in [1.82, 2.24) is 0 Å². The Morgan fingerprint density at radius 3 is 1.09 bits per heavy atom. The summed E-state index contributed by atoms with van der Waals surface area (Å²) in [7, 11) is 0. The van der Waals surface area contributed by atoms with Crippen LogP contribution in [0.2, 0.25) is 0 Å². The fraction of sp³-hybridized carbons (Fsp3) is 0.0235. The van der Waals surface area contributed by atoms with Crippen molar-refractivity contribution in [3.63, 3.8) is 0 Å². The number of rotatable bonds is 9. The van der Waals surface area contributed by atoms with Crippen LogP contribution in [0.15, 0.2) is 338 Å². The Kier molecular flexibility index (Phi) is 12.4. The third-order valence-electron chi connectivity index (χ3n) is 18.7. The van der Waals surface area contributed by atoms with Crippen LogP contribution in [0.25, 0.3) is 82.9 Å². The summed E-state index contributed by atoms with van der Waals surface area (Å²) in [5, 5.41) is 10.9. The van der Waals surface area contributed by atoms with Gasteiger partial charge in [0.05, 0.1) is 0 Å². The van der Waals surface area contributed by atoms with Gasteiger partial charge < -0.3 is 0 Å². The summed E-state index contributed by atoms with van der Waals surface area (Å²) in [5.41, 5.74) is 14.9. The molecule has 0 bridgehead atoms. The van der Waals surface area contributed by atoms with E-state index < -0.39 is 31.3 Å². The number of anilines is 3. The third-order valence-corrected chi connectivity index (χ3v) is 22.0. The summed E-state index contributed by atoms with van der Waals surface area (Å²) in [6, 6.07) is 124. The van der Waals surface area contributed by atoms with E-state index in [0.29, 0.717) is 0 Å². The molecule has 16 aromatic rings. The molecular formula is C85H55NOTe. The average molecular weight is 1230 g/mol. The van der Waals surface area contributed by atoms with Gasteiger partial charge in [0.15, 0.2) is 0 Å². The van der Waals surface area contributed by atoms with Crippen molar-refractivity contribution in [3.05, 3.63) is 388 Å². The molecule has 0 saturated heterocycles. The Labute approximate surface area is 520 Å². The first-order chi connectivity index (χ1) is 43.5. The molecule has 0 amide bonds. The quantitative estimate of drug-likeness (QED) is 0.106. The summed E-state index contributed by atoms with van der Waals surface area (Å²) < 4.78 is 2.33. The van der Waals surface area contributed by atoms with E-state index in [1.165, 1.54) is 30.5 Å². The van der Waals surface area contributed by atoms with E-state index in [-0.39, 0.29) is 5.43 Å². The molecule has 0 atom stereocenters. The third kappa shape index (κ3) is 8.27. The van der Waals surface area contributed by atoms with E-state index in [0.717, 1.165) is 114 Å². The number of nitrogens with zero attached hydrogens (tertiary/aromatic N) is 1. The minimum absolute atomic E-state index is 0.0879. The van der Waals surface area contributed by atoms with Gasteiger partial charge in [0.25, 0.3) is 0 Å². The zero-order valence-corrected chi connectivity index (χ0v) is 50.3. The van der Waals surface area contributed by atoms with Gasteiger partial charge in [-0.3, -0.25) is 0 Å². The first kappa shape index (κ1) is 52.0. The fourth-order valence-corrected chi connectivity index (χ4v) is 17.8. The molecule has 1 aliphatic carbocycles. The van der Waals surface area contributed by atoms with Gasteiger partial charge in [-0.2, -0.15) is 0 Å². The molecular weight excluding hydrogens is 1180 g/mol. The number of fused-ring (bicyclic) bond motifs is 8. The van der Waals surface area contributed by atoms with Gasteiger partial charge in [-0.05, 0) is 0 Å². The summed E-state index contributed by atoms with van der Waals surface area (Å²) in [5.74, 6) is 0. The summed E-state index contributed by atoms with van der Waals surface area (Å²) in [6.45, 7) is 0. The van der Waals surface area contributed by atoms with Gasteiger partial charge in [0, 0.05) is 0 Å². The van der Waals surface area contributed by atoms with Gasteiger partial charge in [0.2, 0.25) is 0 Å². The van der Waals surface area contributed by atoms with Gasteiger partial charge in [-0.25, -0.2) is 0 Å². The molecule has 3 heteroatoms. The predicted octanol–water partition coefficient (Wildman–Crippen LogP) is 20.9. The molecule has 0 radical (unpaired) electrons. The van der Waals surface area contributed by atoms with E-state index in [2.05, 4.69) is 326 Å². The molecule has 15 aromatic carbocycles. The molecule has 1 aliphatic rings. The van der Waals surface area contributed by atoms with E-state index >= 15 is 4.79 Å². The van der Waals surface area contributed by atoms with Gasteiger partial charge >= 0.3 is 464 Å². The Hall–Kier alpha value is -10.4. The number of hydrogen-bond acceptors (Lipinski definition) is 2. The van der Waals surface area contributed by atoms with Crippen LogP contribution in [0.3, 0.4) is 0 Å². The van der Waals surface area contributed by atoms with Crippen LogP contribution >= 0.6 is 0 Å². The second-order valence-corrected chi connectivity index (χ2v) is 26.6. The SMILES string of the molecule is O=c1c2ccccc2[te]c2cc3c(cc12)C(c1ccc2ccccc2c1)(c1ccc2ccccc2c1)c1ccc(N(c2cccc(-c4ccccc4)c2)c2cccc(-c4ccccc4)c2)cc1C3(c1ccc2ccccc2c1)c1ccc2ccccc2c1. The van der Waals surface area contributed by atoms with Gasteiger partial charge in [-0.15, -0.1) is 0 Å². The first-order valence-corrected chi connectivity index (χ1v) is 32.6. The van der Waals surface area contributed by atoms with E-state index in [4.69, 9.17) is 0 Å². The van der Waals surface area contributed by atoms with Crippen molar-refractivity contribution in [3.8, 4) is 22.3 Å². The van der Waals surface area contributed by atoms with Crippen LogP contribution in [-0.4, -0.2) is 20.4 Å². The van der Waals surface area contributed by atoms with Crippen molar-refractivity contribution < 1.29 is 0 Å². The molecule has 2 nitrogen and oxygen atoms in total. The zero-order valence-electron chi connectivity index (χ0n) is 48.0. The fourth-order valence-electron chi connectivity index (χ4n) is 14.7. The van der Waals surface area contributed by atoms with Crippen molar-refractivity contribution in [2.24, 2.45) is 0 Å². The molecule has 0 fully saturated rings. The van der Waals surface area contributed by atoms with Crippen molar-refractivity contribution >= 4 is 98.2 Å². The molecule has 0 aliphatic heterocycles. The Morgan fingerprint density at radius 2 is 0.614 bits per heavy atom. The van der Waals surface area contributed by atoms with Crippen molar-refractivity contribution in [2.45, 2.75) is 10.8 Å². The molecule has 1 heterocycles. The van der Waals surface area contributed by atoms with Crippen LogP contribution in [0.5, 0.6) is 0 Å². The first-order valence-electron chi connectivity index (χ1n) is 30.2. The average Bonchev–Trinajstić information content (AvgIpc) is 0.676. The second-order valence-electron chi connectivity index (χ2n) is 23.5. The normalized spacial score (nSPS) is 13.2. The van der Waals surface area contributed by atoms with Gasteiger partial charge in [0.1, 0.15) is 0 Å². The van der Waals surface area contributed by atoms with Crippen LogP contribution in [0.1, 0.15) is 44.5 Å². The summed E-state index contributed by atoms with van der Waals surface area (Å²) >= 11 is -1.08. The van der Waals surface area contributed by atoms with Crippen molar-refractivity contribution in [1.29, 1.82) is 0 Å². The van der Waals surface area contributed by atoms with Crippen LogP contribution in [0, 0.1) is 0 Å². The van der Waals surface area contributed by atoms with E-state index in [9.17, 15) is 0 Å². The Balaban J connectivity index is 1.09. The summed E-state index contributed by atoms with van der Waals surface area (Å²) in [4.78, 5) is 18.2. The minimum atomic E-state index is -1.08. The van der Waals surface area contributed by atoms with E-state index in [1.54, 1.807) is 0 Å². The van der Waals surface area contributed by atoms with Gasteiger partial charge in [-0.1, -0.05) is 60.7 Å². The molecule has 0 saturated carbocycles. The van der Waals surface area contributed by atoms with Crippen LogP contribution < -0.4 is 10.3 Å². The Morgan fingerprint density at radius 1 is 0.239 bits per heavy atom. The van der Waals surface area contributed by atoms with Crippen LogP contribution in [-0.2, 0) is 10.8 Å². The van der Waals surface area contributed by atoms with Crippen LogP contribution in [0.4, 0.5) is 17.1 Å². The predicted molar refractivity (Wildman–Crippen MR) is 370 cm³/mol. The Bertz CT molecular complexity index is 5270. The second kappa shape index (κ2) is 20.9. The van der Waals surface area contributed by atoms with E-state index in [1.807, 2.05) is 12.1 Å². The monoisotopic (exact) mass is 1240 g/mol. The molecule has 17 rings (SSSR count). The molecule has 88 heavy (non-hydrogen) atoms. The molecule has 412 valence electrons. The zero-order chi connectivity index (χ0) is 58.3. The topological polar surface area (TPSA) is 20.3 Å². The maximum absolute atomic E-state index is 15.7. The van der Waals surface area contributed by atoms with Crippen molar-refractivity contribution in [2.75, 3.05) is 4.90 Å². The standard InChI is InChI=1S/C85H55NOTe/c87-83-75-35-15-16-36-81(75)88-82-55-80-79(54-76(82)83)84(68-41-37-58-23-7-11-27-62(58)47-68,69-42-38-59-24-8-12-28-63(59)48-69)77-46-45-74(53-78(77)85(80,70-43-39-60-25-9-13-29-64(60)49-70)71-44-40-61-26-10-14-30-65(61)50-71)86(72-33-17-31-66(51-72)56-19-3-1-4-20-56)73-34-18-32-67(52-73)57-21-5-2-6-22-57/h1-55H. The molecule has 0 spiro atoms. The summed E-state index contributed by atoms with van der Waals surface area (Å²) in [6.07, 6.45) is 0. The maximum atomic E-state index is 15.7. The molecule has 0 N–H and O–H groups in total. The molecule has 1 aromatic heterocycles. The molecule has 0 unspecified atom stereocenters. The number of benzene rings is 15. The number of hydrogen-bond donors (Lipinski definition) is 0.